The van der Waals surface area contributed by atoms with Crippen LogP contribution in [0.5, 0.6) is 0 Å². The number of aliphatic hydroxyl groups excluding tert-OH is 1. The lowest BCUT2D eigenvalue weighted by Gasteiger charge is -2.10. The fraction of sp³-hybridized carbons (Fsp3) is 0.222. The predicted octanol–water partition coefficient (Wildman–Crippen LogP) is -0.140. The van der Waals surface area contributed by atoms with Crippen molar-refractivity contribution in [2.24, 2.45) is 0 Å². The first-order valence-electron chi connectivity index (χ1n) is 3.63. The Morgan fingerprint density at radius 1 is 1.42 bits per heavy atom. The average molecular weight is 165 g/mol. The van der Waals surface area contributed by atoms with Gasteiger partial charge in [-0.1, -0.05) is 30.3 Å². The number of rotatable bonds is 3. The fourth-order valence-electron chi connectivity index (χ4n) is 0.951. The number of hydrogen-bond donors (Lipinski definition) is 1. The van der Waals surface area contributed by atoms with Crippen LogP contribution in [0.2, 0.25) is 0 Å². The SMILES string of the molecule is O=C([O-])C[C@H](O)c1ccccc1. The van der Waals surface area contributed by atoms with Crippen molar-refractivity contribution in [3.63, 3.8) is 0 Å². The van der Waals surface area contributed by atoms with E-state index >= 15 is 0 Å². The van der Waals surface area contributed by atoms with E-state index in [1.54, 1.807) is 30.3 Å². The summed E-state index contributed by atoms with van der Waals surface area (Å²) in [6.07, 6.45) is -1.32. The number of carbonyl (C=O) groups is 1. The molecule has 0 fully saturated rings. The minimum atomic E-state index is -1.24. The molecule has 1 aromatic rings. The number of aliphatic hydroxyl groups is 1. The van der Waals surface area contributed by atoms with E-state index in [0.717, 1.165) is 0 Å². The molecule has 3 heteroatoms. The van der Waals surface area contributed by atoms with Gasteiger partial charge < -0.3 is 15.0 Å². The molecule has 1 aromatic carbocycles. The van der Waals surface area contributed by atoms with Crippen LogP contribution < -0.4 is 5.11 Å². The van der Waals surface area contributed by atoms with Crippen LogP contribution in [0.1, 0.15) is 18.1 Å². The Morgan fingerprint density at radius 2 is 2.00 bits per heavy atom. The first kappa shape index (κ1) is 8.74. The van der Waals surface area contributed by atoms with Crippen molar-refractivity contribution in [1.29, 1.82) is 0 Å². The molecule has 0 saturated carbocycles. The van der Waals surface area contributed by atoms with E-state index in [0.29, 0.717) is 5.56 Å². The number of carboxylic acid groups (broad SMARTS) is 1. The van der Waals surface area contributed by atoms with E-state index in [4.69, 9.17) is 0 Å². The Bertz CT molecular complexity index is 256. The molecule has 0 aliphatic heterocycles. The van der Waals surface area contributed by atoms with Crippen molar-refractivity contribution in [1.82, 2.24) is 0 Å². The zero-order valence-electron chi connectivity index (χ0n) is 6.43. The van der Waals surface area contributed by atoms with Crippen LogP contribution in [-0.2, 0) is 4.79 Å². The highest BCUT2D eigenvalue weighted by atomic mass is 16.4. The normalized spacial score (nSPS) is 12.4. The number of carbonyl (C=O) groups excluding carboxylic acids is 1. The van der Waals surface area contributed by atoms with Crippen molar-refractivity contribution in [2.45, 2.75) is 12.5 Å². The van der Waals surface area contributed by atoms with E-state index in [1.165, 1.54) is 0 Å². The van der Waals surface area contributed by atoms with Gasteiger partial charge in [-0.15, -0.1) is 0 Å². The highest BCUT2D eigenvalue weighted by molar-refractivity contribution is 5.65. The fourth-order valence-corrected chi connectivity index (χ4v) is 0.951. The zero-order valence-corrected chi connectivity index (χ0v) is 6.43. The molecule has 0 spiro atoms. The lowest BCUT2D eigenvalue weighted by molar-refractivity contribution is -0.307. The van der Waals surface area contributed by atoms with Crippen LogP contribution in [0.25, 0.3) is 0 Å². The summed E-state index contributed by atoms with van der Waals surface area (Å²) in [5.41, 5.74) is 0.599. The average Bonchev–Trinajstić information content (AvgIpc) is 2.05. The summed E-state index contributed by atoms with van der Waals surface area (Å²) in [4.78, 5) is 10.1. The van der Waals surface area contributed by atoms with Crippen LogP contribution in [0, 0.1) is 0 Å². The highest BCUT2D eigenvalue weighted by Crippen LogP contribution is 2.14. The standard InChI is InChI=1S/C9H10O3/c10-8(6-9(11)12)7-4-2-1-3-5-7/h1-5,8,10H,6H2,(H,11,12)/p-1/t8-/m0/s1. The molecule has 0 radical (unpaired) electrons. The second-order valence-electron chi connectivity index (χ2n) is 2.50. The molecule has 3 nitrogen and oxygen atoms in total. The van der Waals surface area contributed by atoms with Gasteiger partial charge in [0.15, 0.2) is 0 Å². The van der Waals surface area contributed by atoms with Crippen LogP contribution in [0.3, 0.4) is 0 Å². The molecule has 0 unspecified atom stereocenters. The molecular formula is C9H9O3-. The molecular weight excluding hydrogens is 156 g/mol. The Labute approximate surface area is 70.3 Å². The van der Waals surface area contributed by atoms with Crippen molar-refractivity contribution in [3.8, 4) is 0 Å². The maximum absolute atomic E-state index is 10.1. The predicted molar refractivity (Wildman–Crippen MR) is 41.0 cm³/mol. The van der Waals surface area contributed by atoms with Gasteiger partial charge in [0.25, 0.3) is 0 Å². The third-order valence-electron chi connectivity index (χ3n) is 1.54. The number of carboxylic acids is 1. The van der Waals surface area contributed by atoms with Gasteiger partial charge in [0.2, 0.25) is 0 Å². The van der Waals surface area contributed by atoms with Crippen molar-refractivity contribution in [2.75, 3.05) is 0 Å². The number of hydrogen-bond acceptors (Lipinski definition) is 3. The Morgan fingerprint density at radius 3 is 2.50 bits per heavy atom. The molecule has 1 N–H and O–H groups in total. The molecule has 0 aromatic heterocycles. The largest absolute Gasteiger partial charge is 0.550 e. The summed E-state index contributed by atoms with van der Waals surface area (Å²) in [7, 11) is 0. The third kappa shape index (κ3) is 2.36. The third-order valence-corrected chi connectivity index (χ3v) is 1.54. The maximum atomic E-state index is 10.1. The molecule has 0 saturated heterocycles. The van der Waals surface area contributed by atoms with Crippen molar-refractivity contribution >= 4 is 5.97 Å². The van der Waals surface area contributed by atoms with Crippen molar-refractivity contribution in [3.05, 3.63) is 35.9 Å². The van der Waals surface area contributed by atoms with Crippen molar-refractivity contribution < 1.29 is 15.0 Å². The number of benzene rings is 1. The monoisotopic (exact) mass is 165 g/mol. The van der Waals surface area contributed by atoms with E-state index < -0.39 is 12.1 Å². The Kier molecular flexibility index (Phi) is 2.82. The Hall–Kier alpha value is -1.35. The van der Waals surface area contributed by atoms with E-state index in [1.807, 2.05) is 0 Å². The zero-order chi connectivity index (χ0) is 8.97. The van der Waals surface area contributed by atoms with Crippen LogP contribution >= 0.6 is 0 Å². The molecule has 0 aliphatic rings. The minimum Gasteiger partial charge on any atom is -0.550 e. The molecule has 0 amide bonds. The second kappa shape index (κ2) is 3.88. The molecule has 0 heterocycles. The van der Waals surface area contributed by atoms with Crippen LogP contribution in [-0.4, -0.2) is 11.1 Å². The van der Waals surface area contributed by atoms with Gasteiger partial charge in [-0.05, 0) is 5.56 Å². The Balaban J connectivity index is 2.65. The van der Waals surface area contributed by atoms with Crippen LogP contribution in [0.4, 0.5) is 0 Å². The second-order valence-corrected chi connectivity index (χ2v) is 2.50. The summed E-state index contributed by atoms with van der Waals surface area (Å²) in [5.74, 6) is -1.24. The summed E-state index contributed by atoms with van der Waals surface area (Å²) in [6.45, 7) is 0. The van der Waals surface area contributed by atoms with Gasteiger partial charge in [0.05, 0.1) is 6.10 Å². The van der Waals surface area contributed by atoms with Gasteiger partial charge in [0, 0.05) is 12.4 Å². The maximum Gasteiger partial charge on any atom is 0.0842 e. The van der Waals surface area contributed by atoms with E-state index in [9.17, 15) is 15.0 Å². The van der Waals surface area contributed by atoms with E-state index in [-0.39, 0.29) is 6.42 Å². The minimum absolute atomic E-state index is 0.357. The lowest BCUT2D eigenvalue weighted by atomic mass is 10.1. The van der Waals surface area contributed by atoms with Gasteiger partial charge in [-0.3, -0.25) is 0 Å². The number of aliphatic carboxylic acids is 1. The molecule has 64 valence electrons. The molecule has 12 heavy (non-hydrogen) atoms. The molecule has 0 bridgehead atoms. The summed E-state index contributed by atoms with van der Waals surface area (Å²) in [5, 5.41) is 19.4. The van der Waals surface area contributed by atoms with Gasteiger partial charge in [0.1, 0.15) is 0 Å². The quantitative estimate of drug-likeness (QED) is 0.678. The lowest BCUT2D eigenvalue weighted by Crippen LogP contribution is -2.24. The summed E-state index contributed by atoms with van der Waals surface area (Å²) >= 11 is 0. The van der Waals surface area contributed by atoms with E-state index in [2.05, 4.69) is 0 Å². The van der Waals surface area contributed by atoms with Gasteiger partial charge in [-0.2, -0.15) is 0 Å². The molecule has 1 rings (SSSR count). The van der Waals surface area contributed by atoms with Gasteiger partial charge in [-0.25, -0.2) is 0 Å². The molecule has 1 atom stereocenters. The first-order valence-corrected chi connectivity index (χ1v) is 3.63. The van der Waals surface area contributed by atoms with Gasteiger partial charge >= 0.3 is 0 Å². The summed E-state index contributed by atoms with van der Waals surface area (Å²) in [6, 6.07) is 8.64. The highest BCUT2D eigenvalue weighted by Gasteiger charge is 2.05. The topological polar surface area (TPSA) is 60.4 Å². The smallest absolute Gasteiger partial charge is 0.0842 e. The van der Waals surface area contributed by atoms with Crippen LogP contribution in [0.15, 0.2) is 30.3 Å². The summed E-state index contributed by atoms with van der Waals surface area (Å²) < 4.78 is 0. The molecule has 0 aliphatic carbocycles. The first-order chi connectivity index (χ1) is 5.70.